The van der Waals surface area contributed by atoms with Crippen molar-refractivity contribution in [3.63, 3.8) is 0 Å². The minimum absolute atomic E-state index is 0.211. The molecule has 1 aliphatic carbocycles. The van der Waals surface area contributed by atoms with E-state index >= 15 is 0 Å². The number of aromatic nitrogens is 2. The number of aromatic amines is 1. The number of anilines is 2. The van der Waals surface area contributed by atoms with Crippen LogP contribution in [0.4, 0.5) is 11.5 Å². The summed E-state index contributed by atoms with van der Waals surface area (Å²) in [5.74, 6) is 0.271. The summed E-state index contributed by atoms with van der Waals surface area (Å²) in [5, 5.41) is 13.8. The SMILES string of the molecule is CCCN(c1ccc(Cl)c(C(=O)NCC2(O)CCCCC2)c1)c1ccnc(=O)[nH]1. The Morgan fingerprint density at radius 3 is 2.76 bits per heavy atom. The Labute approximate surface area is 175 Å². The standard InChI is InChI=1S/C21H27ClN4O3/c1-2-12-26(18-8-11-23-20(28)25-18)15-6-7-17(22)16(13-15)19(27)24-14-21(29)9-4-3-5-10-21/h6-8,11,13,29H,2-5,9-10,12,14H2,1H3,(H,24,27)(H,23,25,28). The molecule has 0 bridgehead atoms. The molecule has 7 nitrogen and oxygen atoms in total. The summed E-state index contributed by atoms with van der Waals surface area (Å²) in [6.45, 7) is 2.88. The van der Waals surface area contributed by atoms with Crippen LogP contribution in [0, 0.1) is 0 Å². The maximum absolute atomic E-state index is 12.8. The fourth-order valence-corrected chi connectivity index (χ4v) is 3.91. The van der Waals surface area contributed by atoms with Gasteiger partial charge in [0, 0.05) is 25.0 Å². The van der Waals surface area contributed by atoms with E-state index in [0.29, 0.717) is 35.8 Å². The molecular formula is C21H27ClN4O3. The van der Waals surface area contributed by atoms with Crippen LogP contribution in [0.2, 0.25) is 5.02 Å². The Kier molecular flexibility index (Phi) is 6.92. The molecule has 1 aromatic carbocycles. The average molecular weight is 419 g/mol. The maximum atomic E-state index is 12.8. The van der Waals surface area contributed by atoms with Crippen LogP contribution < -0.4 is 15.9 Å². The predicted molar refractivity (Wildman–Crippen MR) is 114 cm³/mol. The van der Waals surface area contributed by atoms with Crippen molar-refractivity contribution in [1.29, 1.82) is 0 Å². The van der Waals surface area contributed by atoms with Gasteiger partial charge in [-0.1, -0.05) is 37.8 Å². The van der Waals surface area contributed by atoms with Crippen LogP contribution in [0.25, 0.3) is 0 Å². The molecule has 8 heteroatoms. The monoisotopic (exact) mass is 418 g/mol. The molecule has 29 heavy (non-hydrogen) atoms. The lowest BCUT2D eigenvalue weighted by Crippen LogP contribution is -2.44. The quantitative estimate of drug-likeness (QED) is 0.640. The Morgan fingerprint density at radius 2 is 2.07 bits per heavy atom. The number of aliphatic hydroxyl groups is 1. The Hall–Kier alpha value is -2.38. The van der Waals surface area contributed by atoms with Gasteiger partial charge in [0.25, 0.3) is 5.91 Å². The van der Waals surface area contributed by atoms with Crippen LogP contribution in [0.5, 0.6) is 0 Å². The maximum Gasteiger partial charge on any atom is 0.346 e. The lowest BCUT2D eigenvalue weighted by molar-refractivity contribution is 0.00526. The van der Waals surface area contributed by atoms with E-state index in [0.717, 1.165) is 31.4 Å². The van der Waals surface area contributed by atoms with Gasteiger partial charge >= 0.3 is 5.69 Å². The van der Waals surface area contributed by atoms with E-state index in [-0.39, 0.29) is 12.5 Å². The number of carbonyl (C=O) groups is 1. The number of halogens is 1. The summed E-state index contributed by atoms with van der Waals surface area (Å²) in [5.41, 5.74) is -0.208. The fourth-order valence-electron chi connectivity index (χ4n) is 3.71. The third-order valence-corrected chi connectivity index (χ3v) is 5.60. The molecule has 1 fully saturated rings. The molecule has 0 radical (unpaired) electrons. The second kappa shape index (κ2) is 9.41. The largest absolute Gasteiger partial charge is 0.388 e. The summed E-state index contributed by atoms with van der Waals surface area (Å²) < 4.78 is 0. The highest BCUT2D eigenvalue weighted by atomic mass is 35.5. The van der Waals surface area contributed by atoms with Crippen LogP contribution in [0.3, 0.4) is 0 Å². The van der Waals surface area contributed by atoms with Crippen molar-refractivity contribution in [3.8, 4) is 0 Å². The molecule has 3 N–H and O–H groups in total. The Morgan fingerprint density at radius 1 is 1.31 bits per heavy atom. The van der Waals surface area contributed by atoms with E-state index in [9.17, 15) is 14.7 Å². The molecule has 0 saturated heterocycles. The molecule has 156 valence electrons. The van der Waals surface area contributed by atoms with Crippen molar-refractivity contribution in [3.05, 3.63) is 51.5 Å². The summed E-state index contributed by atoms with van der Waals surface area (Å²) in [6.07, 6.45) is 6.74. The molecule has 0 unspecified atom stereocenters. The molecule has 1 aliphatic rings. The summed E-state index contributed by atoms with van der Waals surface area (Å²) in [7, 11) is 0. The van der Waals surface area contributed by atoms with Crippen molar-refractivity contribution in [2.45, 2.75) is 51.0 Å². The van der Waals surface area contributed by atoms with Crippen LogP contribution >= 0.6 is 11.6 Å². The van der Waals surface area contributed by atoms with Crippen molar-refractivity contribution in [2.24, 2.45) is 0 Å². The molecule has 0 spiro atoms. The predicted octanol–water partition coefficient (Wildman–Crippen LogP) is 3.40. The summed E-state index contributed by atoms with van der Waals surface area (Å²) in [4.78, 5) is 32.7. The molecule has 2 aromatic rings. The van der Waals surface area contributed by atoms with Gasteiger partial charge in [-0.05, 0) is 43.5 Å². The molecule has 1 amide bonds. The summed E-state index contributed by atoms with van der Waals surface area (Å²) in [6, 6.07) is 6.90. The van der Waals surface area contributed by atoms with Gasteiger partial charge in [-0.25, -0.2) is 9.78 Å². The number of amides is 1. The van der Waals surface area contributed by atoms with Crippen LogP contribution in [0.15, 0.2) is 35.3 Å². The van der Waals surface area contributed by atoms with E-state index in [2.05, 4.69) is 15.3 Å². The lowest BCUT2D eigenvalue weighted by Gasteiger charge is -2.32. The number of benzene rings is 1. The molecule has 1 saturated carbocycles. The molecule has 1 aromatic heterocycles. The van der Waals surface area contributed by atoms with Gasteiger partial charge in [0.2, 0.25) is 0 Å². The second-order valence-electron chi connectivity index (χ2n) is 7.54. The molecule has 1 heterocycles. The highest BCUT2D eigenvalue weighted by Crippen LogP contribution is 2.29. The van der Waals surface area contributed by atoms with Gasteiger partial charge in [-0.15, -0.1) is 0 Å². The fraction of sp³-hybridized carbons (Fsp3) is 0.476. The smallest absolute Gasteiger partial charge is 0.346 e. The summed E-state index contributed by atoms with van der Waals surface area (Å²) >= 11 is 6.29. The first-order valence-electron chi connectivity index (χ1n) is 10.0. The van der Waals surface area contributed by atoms with Gasteiger partial charge in [0.1, 0.15) is 5.82 Å². The number of rotatable bonds is 7. The second-order valence-corrected chi connectivity index (χ2v) is 7.95. The van der Waals surface area contributed by atoms with Crippen LogP contribution in [0.1, 0.15) is 55.8 Å². The van der Waals surface area contributed by atoms with Crippen LogP contribution in [-0.4, -0.2) is 39.7 Å². The van der Waals surface area contributed by atoms with E-state index in [4.69, 9.17) is 11.6 Å². The molecule has 3 rings (SSSR count). The highest BCUT2D eigenvalue weighted by molar-refractivity contribution is 6.34. The van der Waals surface area contributed by atoms with Gasteiger partial charge in [-0.3, -0.25) is 9.78 Å². The Balaban J connectivity index is 1.82. The normalized spacial score (nSPS) is 15.7. The number of hydrogen-bond donors (Lipinski definition) is 3. The number of hydrogen-bond acceptors (Lipinski definition) is 5. The van der Waals surface area contributed by atoms with Crippen LogP contribution in [-0.2, 0) is 0 Å². The highest BCUT2D eigenvalue weighted by Gasteiger charge is 2.30. The van der Waals surface area contributed by atoms with Gasteiger partial charge < -0.3 is 15.3 Å². The molecule has 0 aliphatic heterocycles. The van der Waals surface area contributed by atoms with Crippen molar-refractivity contribution in [1.82, 2.24) is 15.3 Å². The lowest BCUT2D eigenvalue weighted by atomic mass is 9.85. The number of carbonyl (C=O) groups excluding carboxylic acids is 1. The first kappa shape index (κ1) is 21.3. The minimum Gasteiger partial charge on any atom is -0.388 e. The molecule has 0 atom stereocenters. The zero-order valence-corrected chi connectivity index (χ0v) is 17.3. The zero-order chi connectivity index (χ0) is 20.9. The zero-order valence-electron chi connectivity index (χ0n) is 16.6. The minimum atomic E-state index is -0.844. The van der Waals surface area contributed by atoms with E-state index in [1.165, 1.54) is 6.20 Å². The Bertz CT molecular complexity index is 909. The first-order valence-corrected chi connectivity index (χ1v) is 10.4. The first-order chi connectivity index (χ1) is 13.9. The average Bonchev–Trinajstić information content (AvgIpc) is 2.71. The van der Waals surface area contributed by atoms with Gasteiger partial charge in [0.05, 0.1) is 16.2 Å². The number of nitrogens with one attached hydrogen (secondary N) is 2. The van der Waals surface area contributed by atoms with Crippen molar-refractivity contribution < 1.29 is 9.90 Å². The number of H-pyrrole nitrogens is 1. The van der Waals surface area contributed by atoms with Crippen molar-refractivity contribution >= 4 is 29.0 Å². The number of nitrogens with zero attached hydrogens (tertiary/aromatic N) is 2. The van der Waals surface area contributed by atoms with E-state index in [1.807, 2.05) is 17.9 Å². The topological polar surface area (TPSA) is 98.3 Å². The van der Waals surface area contributed by atoms with Gasteiger partial charge in [0.15, 0.2) is 0 Å². The van der Waals surface area contributed by atoms with Gasteiger partial charge in [-0.2, -0.15) is 0 Å². The molecular weight excluding hydrogens is 392 g/mol. The third-order valence-electron chi connectivity index (χ3n) is 5.27. The van der Waals surface area contributed by atoms with E-state index < -0.39 is 11.3 Å². The third kappa shape index (κ3) is 5.36. The van der Waals surface area contributed by atoms with Crippen molar-refractivity contribution in [2.75, 3.05) is 18.0 Å². The van der Waals surface area contributed by atoms with E-state index in [1.54, 1.807) is 18.2 Å².